The van der Waals surface area contributed by atoms with Gasteiger partial charge in [-0.3, -0.25) is 0 Å². The third-order valence-corrected chi connectivity index (χ3v) is 3.10. The molecule has 0 fully saturated rings. The first-order valence-electron chi connectivity index (χ1n) is 6.80. The first-order valence-corrected chi connectivity index (χ1v) is 6.80. The van der Waals surface area contributed by atoms with Crippen molar-refractivity contribution in [2.75, 3.05) is 11.9 Å². The number of rotatable bonds is 6. The minimum Gasteiger partial charge on any atom is -0.481 e. The van der Waals surface area contributed by atoms with Crippen molar-refractivity contribution in [2.45, 2.75) is 19.9 Å². The molecule has 0 saturated heterocycles. The van der Waals surface area contributed by atoms with Gasteiger partial charge in [-0.25, -0.2) is 0 Å². The summed E-state index contributed by atoms with van der Waals surface area (Å²) in [6.45, 7) is 3.23. The van der Waals surface area contributed by atoms with Crippen LogP contribution in [0.5, 0.6) is 5.75 Å². The molecule has 20 heavy (non-hydrogen) atoms. The first kappa shape index (κ1) is 14.0. The highest BCUT2D eigenvalue weighted by atomic mass is 16.5. The van der Waals surface area contributed by atoms with Gasteiger partial charge in [-0.2, -0.15) is 0 Å². The molecular formula is C18H19NO. The average Bonchev–Trinajstić information content (AvgIpc) is 2.51. The Bertz CT molecular complexity index is 598. The van der Waals surface area contributed by atoms with Crippen LogP contribution in [0, 0.1) is 12.3 Å². The average molecular weight is 265 g/mol. The Kier molecular flexibility index (Phi) is 5.08. The number of nitrogens with one attached hydrogen (secondary N) is 1. The maximum Gasteiger partial charge on any atom is 0.148 e. The van der Waals surface area contributed by atoms with Crippen LogP contribution >= 0.6 is 0 Å². The molecule has 0 radical (unpaired) electrons. The van der Waals surface area contributed by atoms with E-state index in [1.54, 1.807) is 0 Å². The van der Waals surface area contributed by atoms with Gasteiger partial charge in [-0.05, 0) is 35.7 Å². The van der Waals surface area contributed by atoms with E-state index in [4.69, 9.17) is 11.2 Å². The van der Waals surface area contributed by atoms with Gasteiger partial charge in [-0.1, -0.05) is 43.2 Å². The Balaban J connectivity index is 2.02. The predicted octanol–water partition coefficient (Wildman–Crippen LogP) is 3.87. The maximum absolute atomic E-state index is 5.43. The minimum atomic E-state index is 0.301. The Hall–Kier alpha value is -2.40. The highest BCUT2D eigenvalue weighted by Crippen LogP contribution is 2.18. The number of hydrogen-bond acceptors (Lipinski definition) is 2. The van der Waals surface area contributed by atoms with E-state index in [-0.39, 0.29) is 0 Å². The fraction of sp³-hybridized carbons (Fsp3) is 0.222. The van der Waals surface area contributed by atoms with Crippen molar-refractivity contribution in [3.8, 4) is 18.1 Å². The van der Waals surface area contributed by atoms with Crippen LogP contribution in [0.3, 0.4) is 0 Å². The number of terminal acetylenes is 1. The molecule has 0 heterocycles. The second-order valence-corrected chi connectivity index (χ2v) is 4.50. The molecule has 0 spiro atoms. The van der Waals surface area contributed by atoms with Crippen LogP contribution < -0.4 is 10.1 Å². The van der Waals surface area contributed by atoms with Crippen LogP contribution in [-0.2, 0) is 13.0 Å². The molecule has 0 aliphatic rings. The summed E-state index contributed by atoms with van der Waals surface area (Å²) in [5, 5.41) is 3.47. The molecule has 2 aromatic rings. The third kappa shape index (κ3) is 3.80. The Morgan fingerprint density at radius 1 is 1.15 bits per heavy atom. The molecular weight excluding hydrogens is 246 g/mol. The lowest BCUT2D eigenvalue weighted by molar-refractivity contribution is 0.370. The lowest BCUT2D eigenvalue weighted by Crippen LogP contribution is -2.02. The Morgan fingerprint density at radius 3 is 2.80 bits per heavy atom. The molecule has 0 saturated carbocycles. The van der Waals surface area contributed by atoms with Crippen LogP contribution in [-0.4, -0.2) is 6.61 Å². The fourth-order valence-corrected chi connectivity index (χ4v) is 2.07. The molecule has 0 amide bonds. The van der Waals surface area contributed by atoms with Crippen LogP contribution in [0.2, 0.25) is 0 Å². The van der Waals surface area contributed by atoms with E-state index < -0.39 is 0 Å². The predicted molar refractivity (Wildman–Crippen MR) is 83.9 cm³/mol. The summed E-state index contributed by atoms with van der Waals surface area (Å²) in [6, 6.07) is 16.4. The summed E-state index contributed by atoms with van der Waals surface area (Å²) >= 11 is 0. The second kappa shape index (κ2) is 7.25. The van der Waals surface area contributed by atoms with Crippen molar-refractivity contribution in [1.29, 1.82) is 0 Å². The molecule has 2 heteroatoms. The van der Waals surface area contributed by atoms with E-state index in [1.807, 2.05) is 24.3 Å². The summed E-state index contributed by atoms with van der Waals surface area (Å²) in [4.78, 5) is 0. The zero-order valence-electron chi connectivity index (χ0n) is 11.7. The van der Waals surface area contributed by atoms with E-state index in [9.17, 15) is 0 Å². The topological polar surface area (TPSA) is 21.3 Å². The standard InChI is InChI=1S/C18H19NO/c1-3-12-20-17-10-7-8-15(13-17)14-19-18-11-6-5-9-16(18)4-2/h1,5-11,13,19H,4,12,14H2,2H3. The largest absolute Gasteiger partial charge is 0.481 e. The number of hydrogen-bond donors (Lipinski definition) is 1. The van der Waals surface area contributed by atoms with Crippen LogP contribution in [0.15, 0.2) is 48.5 Å². The molecule has 0 unspecified atom stereocenters. The van der Waals surface area contributed by atoms with Gasteiger partial charge < -0.3 is 10.1 Å². The number of anilines is 1. The molecule has 0 bridgehead atoms. The van der Waals surface area contributed by atoms with E-state index >= 15 is 0 Å². The number of aryl methyl sites for hydroxylation is 1. The number of benzene rings is 2. The lowest BCUT2D eigenvalue weighted by atomic mass is 10.1. The maximum atomic E-state index is 5.43. The molecule has 0 aliphatic heterocycles. The molecule has 2 rings (SSSR count). The van der Waals surface area contributed by atoms with Gasteiger partial charge >= 0.3 is 0 Å². The zero-order valence-corrected chi connectivity index (χ0v) is 11.7. The molecule has 2 nitrogen and oxygen atoms in total. The van der Waals surface area contributed by atoms with Crippen LogP contribution in [0.4, 0.5) is 5.69 Å². The van der Waals surface area contributed by atoms with Crippen molar-refractivity contribution in [3.63, 3.8) is 0 Å². The zero-order chi connectivity index (χ0) is 14.2. The van der Waals surface area contributed by atoms with E-state index in [0.29, 0.717) is 6.61 Å². The van der Waals surface area contributed by atoms with Gasteiger partial charge in [-0.15, -0.1) is 6.42 Å². The van der Waals surface area contributed by atoms with Crippen molar-refractivity contribution in [1.82, 2.24) is 0 Å². The Morgan fingerprint density at radius 2 is 2.00 bits per heavy atom. The van der Waals surface area contributed by atoms with Gasteiger partial charge in [0.05, 0.1) is 0 Å². The van der Waals surface area contributed by atoms with Gasteiger partial charge in [0.25, 0.3) is 0 Å². The van der Waals surface area contributed by atoms with Crippen LogP contribution in [0.1, 0.15) is 18.1 Å². The summed E-state index contributed by atoms with van der Waals surface area (Å²) in [6.07, 6.45) is 6.22. The lowest BCUT2D eigenvalue weighted by Gasteiger charge is -2.11. The number of ether oxygens (including phenoxy) is 1. The normalized spacial score (nSPS) is 9.80. The van der Waals surface area contributed by atoms with Gasteiger partial charge in [0.2, 0.25) is 0 Å². The molecule has 102 valence electrons. The first-order chi connectivity index (χ1) is 9.83. The van der Waals surface area contributed by atoms with E-state index in [1.165, 1.54) is 16.8 Å². The van der Waals surface area contributed by atoms with Gasteiger partial charge in [0.15, 0.2) is 0 Å². The van der Waals surface area contributed by atoms with E-state index in [2.05, 4.69) is 42.4 Å². The van der Waals surface area contributed by atoms with Crippen LogP contribution in [0.25, 0.3) is 0 Å². The SMILES string of the molecule is C#CCOc1cccc(CNc2ccccc2CC)c1. The second-order valence-electron chi connectivity index (χ2n) is 4.50. The fourth-order valence-electron chi connectivity index (χ4n) is 2.07. The summed E-state index contributed by atoms with van der Waals surface area (Å²) in [5.74, 6) is 3.28. The molecule has 0 aliphatic carbocycles. The smallest absolute Gasteiger partial charge is 0.148 e. The molecule has 2 aromatic carbocycles. The summed E-state index contributed by atoms with van der Waals surface area (Å²) in [7, 11) is 0. The van der Waals surface area contributed by atoms with Crippen molar-refractivity contribution in [2.24, 2.45) is 0 Å². The quantitative estimate of drug-likeness (QED) is 0.800. The molecule has 0 aromatic heterocycles. The highest BCUT2D eigenvalue weighted by molar-refractivity contribution is 5.51. The van der Waals surface area contributed by atoms with Gasteiger partial charge in [0, 0.05) is 12.2 Å². The highest BCUT2D eigenvalue weighted by Gasteiger charge is 2.00. The van der Waals surface area contributed by atoms with Gasteiger partial charge in [0.1, 0.15) is 12.4 Å². The summed E-state index contributed by atoms with van der Waals surface area (Å²) in [5.41, 5.74) is 3.68. The molecule has 1 N–H and O–H groups in total. The number of para-hydroxylation sites is 1. The molecule has 0 atom stereocenters. The summed E-state index contributed by atoms with van der Waals surface area (Å²) < 4.78 is 5.43. The van der Waals surface area contributed by atoms with E-state index in [0.717, 1.165) is 18.7 Å². The van der Waals surface area contributed by atoms with Crippen molar-refractivity contribution >= 4 is 5.69 Å². The minimum absolute atomic E-state index is 0.301. The monoisotopic (exact) mass is 265 g/mol. The Labute approximate surface area is 120 Å². The third-order valence-electron chi connectivity index (χ3n) is 3.10. The van der Waals surface area contributed by atoms with Crippen molar-refractivity contribution in [3.05, 3.63) is 59.7 Å². The van der Waals surface area contributed by atoms with Crippen molar-refractivity contribution < 1.29 is 4.74 Å².